The molecule has 5 nitrogen and oxygen atoms in total. The zero-order valence-corrected chi connectivity index (χ0v) is 9.43. The lowest BCUT2D eigenvalue weighted by Crippen LogP contribution is -2.18. The minimum absolute atomic E-state index is 0.247. The van der Waals surface area contributed by atoms with E-state index in [0.717, 1.165) is 25.1 Å². The van der Waals surface area contributed by atoms with E-state index in [1.54, 1.807) is 6.92 Å². The molecule has 0 atom stereocenters. The zero-order chi connectivity index (χ0) is 12.0. The summed E-state index contributed by atoms with van der Waals surface area (Å²) in [4.78, 5) is 31.5. The van der Waals surface area contributed by atoms with Gasteiger partial charge in [-0.25, -0.2) is 9.97 Å². The molecule has 86 valence electrons. The van der Waals surface area contributed by atoms with Gasteiger partial charge in [-0.3, -0.25) is 9.59 Å². The number of aromatic nitrogens is 3. The monoisotopic (exact) mass is 229 g/mol. The number of aldehydes is 1. The van der Waals surface area contributed by atoms with Crippen LogP contribution in [0.2, 0.25) is 0 Å². The molecule has 1 aliphatic rings. The fraction of sp³-hybridized carbons (Fsp3) is 0.333. The number of rotatable bonds is 1. The minimum atomic E-state index is -0.247. The first-order valence-corrected chi connectivity index (χ1v) is 5.56. The number of fused-ring (bicyclic) bond motifs is 3. The quantitative estimate of drug-likeness (QED) is 0.680. The predicted molar refractivity (Wildman–Crippen MR) is 62.2 cm³/mol. The van der Waals surface area contributed by atoms with E-state index in [1.165, 1.54) is 6.20 Å². The van der Waals surface area contributed by atoms with Crippen LogP contribution in [0.1, 0.15) is 28.3 Å². The van der Waals surface area contributed by atoms with Gasteiger partial charge in [-0.15, -0.1) is 0 Å². The molecule has 0 spiro atoms. The molecule has 0 fully saturated rings. The van der Waals surface area contributed by atoms with Gasteiger partial charge in [0.25, 0.3) is 0 Å². The summed E-state index contributed by atoms with van der Waals surface area (Å²) in [7, 11) is 0. The van der Waals surface area contributed by atoms with Gasteiger partial charge in [-0.1, -0.05) is 0 Å². The molecule has 0 aliphatic carbocycles. The fourth-order valence-corrected chi connectivity index (χ4v) is 2.41. The van der Waals surface area contributed by atoms with E-state index in [9.17, 15) is 9.59 Å². The lowest BCUT2D eigenvalue weighted by Gasteiger charge is -2.10. The molecule has 3 rings (SSSR count). The van der Waals surface area contributed by atoms with Crippen LogP contribution in [0.5, 0.6) is 0 Å². The summed E-state index contributed by atoms with van der Waals surface area (Å²) in [5.41, 5.74) is 1.49. The molecule has 3 heterocycles. The summed E-state index contributed by atoms with van der Waals surface area (Å²) >= 11 is 0. The van der Waals surface area contributed by atoms with Crippen molar-refractivity contribution in [2.75, 3.05) is 0 Å². The highest BCUT2D eigenvalue weighted by molar-refractivity contribution is 5.85. The van der Waals surface area contributed by atoms with E-state index in [1.807, 2.05) is 4.57 Å². The summed E-state index contributed by atoms with van der Waals surface area (Å²) < 4.78 is 1.97. The normalized spacial score (nSPS) is 13.9. The first-order valence-electron chi connectivity index (χ1n) is 5.56. The van der Waals surface area contributed by atoms with Crippen molar-refractivity contribution in [3.05, 3.63) is 33.5 Å². The molecular formula is C12H11N3O2. The van der Waals surface area contributed by atoms with E-state index < -0.39 is 0 Å². The maximum Gasteiger partial charge on any atom is 0.203 e. The molecule has 0 bridgehead atoms. The summed E-state index contributed by atoms with van der Waals surface area (Å²) in [5.74, 6) is 0.636. The van der Waals surface area contributed by atoms with Crippen LogP contribution in [0.3, 0.4) is 0 Å². The molecule has 0 saturated heterocycles. The van der Waals surface area contributed by atoms with Crippen molar-refractivity contribution in [3.8, 4) is 0 Å². The van der Waals surface area contributed by atoms with Crippen molar-refractivity contribution < 1.29 is 4.79 Å². The van der Waals surface area contributed by atoms with Gasteiger partial charge in [0, 0.05) is 18.4 Å². The average molecular weight is 229 g/mol. The van der Waals surface area contributed by atoms with Crippen LogP contribution >= 0.6 is 0 Å². The van der Waals surface area contributed by atoms with Gasteiger partial charge in [0.15, 0.2) is 6.29 Å². The van der Waals surface area contributed by atoms with Gasteiger partial charge in [-0.2, -0.15) is 0 Å². The molecule has 1 aliphatic heterocycles. The molecule has 0 aromatic carbocycles. The van der Waals surface area contributed by atoms with Crippen molar-refractivity contribution in [1.29, 1.82) is 0 Å². The molecule has 0 amide bonds. The van der Waals surface area contributed by atoms with Gasteiger partial charge >= 0.3 is 0 Å². The zero-order valence-electron chi connectivity index (χ0n) is 9.43. The average Bonchev–Trinajstić information content (AvgIpc) is 2.78. The van der Waals surface area contributed by atoms with Crippen LogP contribution < -0.4 is 5.43 Å². The van der Waals surface area contributed by atoms with Crippen LogP contribution in [0.4, 0.5) is 0 Å². The molecule has 2 aromatic heterocycles. The Morgan fingerprint density at radius 3 is 3.06 bits per heavy atom. The maximum atomic E-state index is 12.1. The first kappa shape index (κ1) is 10.1. The van der Waals surface area contributed by atoms with Crippen LogP contribution in [-0.2, 0) is 13.0 Å². The first-order chi connectivity index (χ1) is 8.22. The van der Waals surface area contributed by atoms with Crippen molar-refractivity contribution >= 4 is 17.3 Å². The van der Waals surface area contributed by atoms with Gasteiger partial charge in [0.05, 0.1) is 10.9 Å². The Morgan fingerprint density at radius 2 is 2.29 bits per heavy atom. The fourth-order valence-electron chi connectivity index (χ4n) is 2.41. The van der Waals surface area contributed by atoms with Crippen LogP contribution in [0, 0.1) is 6.92 Å². The van der Waals surface area contributed by atoms with Crippen molar-refractivity contribution in [1.82, 2.24) is 14.5 Å². The Balaban J connectivity index is 2.55. The number of carbonyl (C=O) groups is 1. The summed E-state index contributed by atoms with van der Waals surface area (Å²) in [6.45, 7) is 2.60. The maximum absolute atomic E-state index is 12.1. The molecule has 2 aromatic rings. The topological polar surface area (TPSA) is 64.8 Å². The molecule has 0 N–H and O–H groups in total. The lowest BCUT2D eigenvalue weighted by molar-refractivity contribution is 0.112. The highest BCUT2D eigenvalue weighted by Crippen LogP contribution is 2.21. The second kappa shape index (κ2) is 3.48. The number of hydrogen-bond donors (Lipinski definition) is 0. The number of hydrogen-bond acceptors (Lipinski definition) is 4. The third-order valence-electron chi connectivity index (χ3n) is 3.18. The molecular weight excluding hydrogens is 218 g/mol. The number of pyridine rings is 1. The number of nitrogens with zero attached hydrogens (tertiary/aromatic N) is 3. The van der Waals surface area contributed by atoms with Crippen LogP contribution in [0.25, 0.3) is 11.0 Å². The van der Waals surface area contributed by atoms with Crippen LogP contribution in [-0.4, -0.2) is 20.8 Å². The third kappa shape index (κ3) is 1.32. The SMILES string of the molecule is Cc1ncc2c(=O)c(C=O)c3n(c2n1)CCC3. The van der Waals surface area contributed by atoms with Gasteiger partial charge < -0.3 is 4.57 Å². The molecule has 5 heteroatoms. The second-order valence-electron chi connectivity index (χ2n) is 4.22. The molecule has 0 saturated carbocycles. The standard InChI is InChI=1S/C12H11N3O2/c1-7-13-5-8-11(17)9(6-16)10-3-2-4-15(10)12(8)14-7/h5-6H,2-4H2,1H3. The lowest BCUT2D eigenvalue weighted by atomic mass is 10.1. The summed E-state index contributed by atoms with van der Waals surface area (Å²) in [5, 5.41) is 0.434. The van der Waals surface area contributed by atoms with Crippen molar-refractivity contribution in [2.24, 2.45) is 0 Å². The predicted octanol–water partition coefficient (Wildman–Crippen LogP) is 0.859. The van der Waals surface area contributed by atoms with Crippen molar-refractivity contribution in [3.63, 3.8) is 0 Å². The van der Waals surface area contributed by atoms with E-state index in [2.05, 4.69) is 9.97 Å². The Labute approximate surface area is 97.1 Å². The van der Waals surface area contributed by atoms with Crippen LogP contribution in [0.15, 0.2) is 11.0 Å². The molecule has 0 unspecified atom stereocenters. The molecule has 17 heavy (non-hydrogen) atoms. The Bertz CT molecular complexity index is 688. The second-order valence-corrected chi connectivity index (χ2v) is 4.22. The Kier molecular flexibility index (Phi) is 2.07. The van der Waals surface area contributed by atoms with Gasteiger partial charge in [0.1, 0.15) is 11.5 Å². The third-order valence-corrected chi connectivity index (χ3v) is 3.18. The van der Waals surface area contributed by atoms with Gasteiger partial charge in [-0.05, 0) is 19.8 Å². The van der Waals surface area contributed by atoms with Crippen molar-refractivity contribution in [2.45, 2.75) is 26.3 Å². The Morgan fingerprint density at radius 1 is 1.47 bits per heavy atom. The minimum Gasteiger partial charge on any atom is -0.329 e. The highest BCUT2D eigenvalue weighted by Gasteiger charge is 2.21. The van der Waals surface area contributed by atoms with E-state index in [0.29, 0.717) is 23.1 Å². The summed E-state index contributed by atoms with van der Waals surface area (Å²) in [6, 6.07) is 0. The number of aryl methyl sites for hydroxylation is 2. The van der Waals surface area contributed by atoms with E-state index >= 15 is 0 Å². The number of carbonyl (C=O) groups excluding carboxylic acids is 1. The molecule has 0 radical (unpaired) electrons. The van der Waals surface area contributed by atoms with Gasteiger partial charge in [0.2, 0.25) is 5.43 Å². The largest absolute Gasteiger partial charge is 0.329 e. The summed E-state index contributed by atoms with van der Waals surface area (Å²) in [6.07, 6.45) is 3.88. The highest BCUT2D eigenvalue weighted by atomic mass is 16.1. The smallest absolute Gasteiger partial charge is 0.203 e. The Hall–Kier alpha value is -2.04. The van der Waals surface area contributed by atoms with E-state index in [-0.39, 0.29) is 11.0 Å². The van der Waals surface area contributed by atoms with E-state index in [4.69, 9.17) is 0 Å².